The van der Waals surface area contributed by atoms with Crippen molar-refractivity contribution in [2.75, 3.05) is 5.32 Å². The molecule has 1 aliphatic heterocycles. The van der Waals surface area contributed by atoms with Crippen LogP contribution in [0.4, 0.5) is 5.69 Å². The summed E-state index contributed by atoms with van der Waals surface area (Å²) in [5.74, 6) is -0.666. The van der Waals surface area contributed by atoms with Gasteiger partial charge in [-0.2, -0.15) is 0 Å². The highest BCUT2D eigenvalue weighted by Crippen LogP contribution is 2.34. The number of fused-ring (bicyclic) bond motifs is 1. The molecule has 30 heavy (non-hydrogen) atoms. The maximum absolute atomic E-state index is 12.9. The number of hydrogen-bond donors (Lipinski definition) is 1. The number of thiocarbonyl (C=S) groups is 1. The van der Waals surface area contributed by atoms with Crippen LogP contribution >= 0.6 is 24.0 Å². The molecular weight excluding hydrogens is 420 g/mol. The minimum absolute atomic E-state index is 0.295. The zero-order chi connectivity index (χ0) is 21.3. The Morgan fingerprint density at radius 2 is 1.90 bits per heavy atom. The zero-order valence-electron chi connectivity index (χ0n) is 15.8. The lowest BCUT2D eigenvalue weighted by atomic mass is 10.2. The van der Waals surface area contributed by atoms with Crippen molar-refractivity contribution < 1.29 is 14.0 Å². The van der Waals surface area contributed by atoms with E-state index in [1.807, 2.05) is 30.3 Å². The molecule has 0 unspecified atom stereocenters. The third-order valence-electron chi connectivity index (χ3n) is 4.57. The zero-order valence-corrected chi connectivity index (χ0v) is 17.5. The van der Waals surface area contributed by atoms with E-state index in [1.54, 1.807) is 37.3 Å². The number of hydrogen-bond acceptors (Lipinski definition) is 6. The Bertz CT molecular complexity index is 1250. The lowest BCUT2D eigenvalue weighted by Crippen LogP contribution is -2.44. The van der Waals surface area contributed by atoms with Gasteiger partial charge in [0.25, 0.3) is 5.91 Å². The molecule has 6 nitrogen and oxygen atoms in total. The SMILES string of the molecule is C[C@H](C(=O)Nc1ccc2oc(=O)ccc2c1)N1C(=O)/C(=C\c2ccccc2)SC1=S. The number of nitrogens with zero attached hydrogens (tertiary/aromatic N) is 1. The molecule has 1 N–H and O–H groups in total. The molecule has 0 spiro atoms. The number of anilines is 1. The number of benzene rings is 2. The molecule has 3 aromatic rings. The van der Waals surface area contributed by atoms with Crippen LogP contribution in [-0.4, -0.2) is 27.1 Å². The topological polar surface area (TPSA) is 79.6 Å². The van der Waals surface area contributed by atoms with Crippen LogP contribution in [0.15, 0.2) is 74.8 Å². The fourth-order valence-corrected chi connectivity index (χ4v) is 4.45. The van der Waals surface area contributed by atoms with Gasteiger partial charge in [-0.15, -0.1) is 0 Å². The first-order valence-electron chi connectivity index (χ1n) is 9.09. The summed E-state index contributed by atoms with van der Waals surface area (Å²) in [5.41, 5.74) is 1.40. The van der Waals surface area contributed by atoms with Gasteiger partial charge in [-0.3, -0.25) is 14.5 Å². The first-order valence-corrected chi connectivity index (χ1v) is 10.3. The van der Waals surface area contributed by atoms with Crippen LogP contribution in [-0.2, 0) is 9.59 Å². The number of carbonyl (C=O) groups is 2. The molecule has 1 aliphatic rings. The Morgan fingerprint density at radius 1 is 1.13 bits per heavy atom. The highest BCUT2D eigenvalue weighted by Gasteiger charge is 2.38. The van der Waals surface area contributed by atoms with Gasteiger partial charge in [-0.25, -0.2) is 4.79 Å². The Hall–Kier alpha value is -3.23. The summed E-state index contributed by atoms with van der Waals surface area (Å²) < 4.78 is 5.43. The van der Waals surface area contributed by atoms with Crippen LogP contribution in [0.25, 0.3) is 17.0 Å². The summed E-state index contributed by atoms with van der Waals surface area (Å²) in [4.78, 5) is 38.7. The first kappa shape index (κ1) is 20.1. The van der Waals surface area contributed by atoms with Gasteiger partial charge in [0.2, 0.25) is 5.91 Å². The van der Waals surface area contributed by atoms with E-state index in [2.05, 4.69) is 5.32 Å². The van der Waals surface area contributed by atoms with E-state index in [4.69, 9.17) is 16.6 Å². The molecule has 1 aromatic heterocycles. The number of nitrogens with one attached hydrogen (secondary N) is 1. The van der Waals surface area contributed by atoms with Crippen LogP contribution in [0.2, 0.25) is 0 Å². The molecule has 8 heteroatoms. The minimum Gasteiger partial charge on any atom is -0.423 e. The molecule has 2 aromatic carbocycles. The highest BCUT2D eigenvalue weighted by molar-refractivity contribution is 8.26. The van der Waals surface area contributed by atoms with Crippen molar-refractivity contribution in [2.45, 2.75) is 13.0 Å². The molecule has 1 fully saturated rings. The van der Waals surface area contributed by atoms with E-state index in [9.17, 15) is 14.4 Å². The Morgan fingerprint density at radius 3 is 2.67 bits per heavy atom. The predicted molar refractivity (Wildman–Crippen MR) is 122 cm³/mol. The molecule has 2 amide bonds. The van der Waals surface area contributed by atoms with E-state index >= 15 is 0 Å². The number of amides is 2. The van der Waals surface area contributed by atoms with Gasteiger partial charge in [0.1, 0.15) is 15.9 Å². The van der Waals surface area contributed by atoms with Crippen LogP contribution in [0, 0.1) is 0 Å². The minimum atomic E-state index is -0.788. The molecule has 2 heterocycles. The fourth-order valence-electron chi connectivity index (χ4n) is 3.03. The summed E-state index contributed by atoms with van der Waals surface area (Å²) >= 11 is 6.53. The quantitative estimate of drug-likeness (QED) is 0.378. The van der Waals surface area contributed by atoms with Gasteiger partial charge in [0.15, 0.2) is 0 Å². The smallest absolute Gasteiger partial charge is 0.336 e. The van der Waals surface area contributed by atoms with Crippen molar-refractivity contribution >= 4 is 62.8 Å². The summed E-state index contributed by atoms with van der Waals surface area (Å²) in [6.45, 7) is 1.63. The summed E-state index contributed by atoms with van der Waals surface area (Å²) in [7, 11) is 0. The third kappa shape index (κ3) is 4.05. The third-order valence-corrected chi connectivity index (χ3v) is 5.90. The van der Waals surface area contributed by atoms with Gasteiger partial charge in [0, 0.05) is 17.1 Å². The molecule has 0 bridgehead atoms. The van der Waals surface area contributed by atoms with Gasteiger partial charge in [-0.05, 0) is 42.8 Å². The second-order valence-corrected chi connectivity index (χ2v) is 8.31. The Balaban J connectivity index is 1.51. The van der Waals surface area contributed by atoms with Crippen molar-refractivity contribution in [1.82, 2.24) is 4.90 Å². The number of rotatable bonds is 4. The normalized spacial score (nSPS) is 16.3. The highest BCUT2D eigenvalue weighted by atomic mass is 32.2. The average molecular weight is 437 g/mol. The monoisotopic (exact) mass is 436 g/mol. The summed E-state index contributed by atoms with van der Waals surface area (Å²) in [6.07, 6.45) is 1.76. The molecule has 4 rings (SSSR count). The Labute approximate surface area is 181 Å². The summed E-state index contributed by atoms with van der Waals surface area (Å²) in [6, 6.07) is 16.5. The maximum atomic E-state index is 12.9. The van der Waals surface area contributed by atoms with Gasteiger partial charge in [0.05, 0.1) is 4.91 Å². The second kappa shape index (κ2) is 8.25. The van der Waals surface area contributed by atoms with Crippen molar-refractivity contribution in [3.8, 4) is 0 Å². The lowest BCUT2D eigenvalue weighted by molar-refractivity contribution is -0.129. The molecule has 1 saturated heterocycles. The van der Waals surface area contributed by atoms with E-state index in [-0.39, 0.29) is 11.8 Å². The number of thioether (sulfide) groups is 1. The molecule has 150 valence electrons. The average Bonchev–Trinajstić information content (AvgIpc) is 3.01. The van der Waals surface area contributed by atoms with Gasteiger partial charge < -0.3 is 9.73 Å². The summed E-state index contributed by atoms with van der Waals surface area (Å²) in [5, 5.41) is 3.47. The van der Waals surface area contributed by atoms with Gasteiger partial charge >= 0.3 is 5.63 Å². The van der Waals surface area contributed by atoms with Crippen molar-refractivity contribution in [3.63, 3.8) is 0 Å². The molecule has 0 radical (unpaired) electrons. The second-order valence-electron chi connectivity index (χ2n) is 6.63. The van der Waals surface area contributed by atoms with Crippen molar-refractivity contribution in [3.05, 3.63) is 81.6 Å². The van der Waals surface area contributed by atoms with E-state index in [1.165, 1.54) is 22.7 Å². The van der Waals surface area contributed by atoms with Crippen molar-refractivity contribution in [1.29, 1.82) is 0 Å². The van der Waals surface area contributed by atoms with E-state index in [0.29, 0.717) is 25.9 Å². The predicted octanol–water partition coefficient (Wildman–Crippen LogP) is 4.02. The van der Waals surface area contributed by atoms with Crippen molar-refractivity contribution in [2.24, 2.45) is 0 Å². The maximum Gasteiger partial charge on any atom is 0.336 e. The fraction of sp³-hybridized carbons (Fsp3) is 0.0909. The van der Waals surface area contributed by atoms with Crippen LogP contribution in [0.5, 0.6) is 0 Å². The Kier molecular flexibility index (Phi) is 5.52. The molecule has 0 aliphatic carbocycles. The molecular formula is C22H16N2O4S2. The van der Waals surface area contributed by atoms with Crippen LogP contribution in [0.3, 0.4) is 0 Å². The van der Waals surface area contributed by atoms with Crippen LogP contribution in [0.1, 0.15) is 12.5 Å². The van der Waals surface area contributed by atoms with E-state index < -0.39 is 11.7 Å². The lowest BCUT2D eigenvalue weighted by Gasteiger charge is -2.22. The molecule has 0 saturated carbocycles. The van der Waals surface area contributed by atoms with Crippen LogP contribution < -0.4 is 10.9 Å². The first-order chi connectivity index (χ1) is 14.4. The van der Waals surface area contributed by atoms with Gasteiger partial charge in [-0.1, -0.05) is 54.3 Å². The largest absolute Gasteiger partial charge is 0.423 e. The van der Waals surface area contributed by atoms with E-state index in [0.717, 1.165) is 5.56 Å². The number of carbonyl (C=O) groups excluding carboxylic acids is 2. The molecule has 1 atom stereocenters. The standard InChI is InChI=1S/C22H16N2O4S2/c1-13(20(26)23-16-8-9-17-15(12-16)7-10-19(25)28-17)24-21(27)18(30-22(24)29)11-14-5-3-2-4-6-14/h2-13H,1H3,(H,23,26)/b18-11+/t13-/m1/s1.